The molecule has 7 heteroatoms. The first kappa shape index (κ1) is 22.8. The number of aromatic hydroxyl groups is 1. The van der Waals surface area contributed by atoms with Crippen molar-refractivity contribution in [2.75, 3.05) is 27.2 Å². The number of amides is 1. The quantitative estimate of drug-likeness (QED) is 0.317. The summed E-state index contributed by atoms with van der Waals surface area (Å²) in [5.41, 5.74) is 0.665. The van der Waals surface area contributed by atoms with Gasteiger partial charge in [0.1, 0.15) is 11.5 Å². The molecule has 0 radical (unpaired) electrons. The minimum absolute atomic E-state index is 0.0577. The number of hydrogen-bond acceptors (Lipinski definition) is 5. The first-order valence-corrected chi connectivity index (χ1v) is 11.1. The van der Waals surface area contributed by atoms with Gasteiger partial charge in [0, 0.05) is 17.0 Å². The number of carbonyl (C=O) groups is 2. The molecule has 170 valence electrons. The molecule has 1 aliphatic rings. The van der Waals surface area contributed by atoms with Crippen LogP contribution in [0.5, 0.6) is 5.75 Å². The maximum Gasteiger partial charge on any atom is 0.295 e. The molecule has 0 bridgehead atoms. The molecule has 0 spiro atoms. The number of benzene rings is 3. The van der Waals surface area contributed by atoms with E-state index >= 15 is 0 Å². The molecule has 2 N–H and O–H groups in total. The molecule has 4 rings (SSSR count). The van der Waals surface area contributed by atoms with Gasteiger partial charge in [-0.05, 0) is 56.2 Å². The fourth-order valence-corrected chi connectivity index (χ4v) is 4.48. The number of phenols is 1. The first-order valence-electron chi connectivity index (χ1n) is 10.7. The second-order valence-electron chi connectivity index (χ2n) is 8.39. The number of nitrogens with zero attached hydrogens (tertiary/aromatic N) is 2. The Kier molecular flexibility index (Phi) is 6.40. The minimum atomic E-state index is -0.809. The highest BCUT2D eigenvalue weighted by Gasteiger charge is 2.46. The van der Waals surface area contributed by atoms with Gasteiger partial charge in [0.25, 0.3) is 11.7 Å². The number of hydrogen-bond donors (Lipinski definition) is 2. The Bertz CT molecular complexity index is 1270. The van der Waals surface area contributed by atoms with Crippen molar-refractivity contribution in [3.8, 4) is 5.75 Å². The Labute approximate surface area is 197 Å². The number of halogens is 1. The van der Waals surface area contributed by atoms with E-state index < -0.39 is 23.5 Å². The van der Waals surface area contributed by atoms with Crippen molar-refractivity contribution in [2.24, 2.45) is 0 Å². The van der Waals surface area contributed by atoms with Crippen molar-refractivity contribution in [3.05, 3.63) is 82.4 Å². The van der Waals surface area contributed by atoms with Gasteiger partial charge in [-0.2, -0.15) is 0 Å². The van der Waals surface area contributed by atoms with Crippen molar-refractivity contribution >= 4 is 39.8 Å². The Morgan fingerprint density at radius 2 is 1.82 bits per heavy atom. The highest BCUT2D eigenvalue weighted by Crippen LogP contribution is 2.42. The third-order valence-electron chi connectivity index (χ3n) is 5.86. The van der Waals surface area contributed by atoms with Crippen LogP contribution in [0, 0.1) is 0 Å². The number of fused-ring (bicyclic) bond motifs is 1. The average molecular weight is 465 g/mol. The molecular weight excluding hydrogens is 440 g/mol. The van der Waals surface area contributed by atoms with Crippen LogP contribution in [0.15, 0.2) is 66.2 Å². The van der Waals surface area contributed by atoms with E-state index in [9.17, 15) is 19.8 Å². The van der Waals surface area contributed by atoms with Gasteiger partial charge in [-0.1, -0.05) is 54.1 Å². The van der Waals surface area contributed by atoms with Crippen LogP contribution < -0.4 is 0 Å². The maximum absolute atomic E-state index is 13.1. The standard InChI is InChI=1S/C26H25ClN2O4/c1-28(2)13-6-14-29-22(17-8-5-9-18(27)15-17)21(25(32)26(29)33)24(31)20-12-11-16-7-3-4-10-19(16)23(20)30/h3-5,7-12,15,22,30-31H,6,13-14H2,1-2H3/t22-/m0/s1. The summed E-state index contributed by atoms with van der Waals surface area (Å²) < 4.78 is 0. The molecule has 0 saturated carbocycles. The number of phenolic OH excluding ortho intramolecular Hbond substituents is 1. The van der Waals surface area contributed by atoms with Crippen molar-refractivity contribution in [1.29, 1.82) is 0 Å². The first-order chi connectivity index (χ1) is 15.8. The molecule has 3 aromatic rings. The van der Waals surface area contributed by atoms with Crippen molar-refractivity contribution in [3.63, 3.8) is 0 Å². The number of aliphatic hydroxyl groups is 1. The third kappa shape index (κ3) is 4.32. The number of Topliss-reactive ketones (excluding diaryl/α,β-unsaturated/α-hetero) is 1. The second-order valence-corrected chi connectivity index (χ2v) is 8.82. The lowest BCUT2D eigenvalue weighted by Gasteiger charge is -2.26. The molecule has 1 fully saturated rings. The summed E-state index contributed by atoms with van der Waals surface area (Å²) in [6.07, 6.45) is 0.651. The van der Waals surface area contributed by atoms with Crippen LogP contribution >= 0.6 is 11.6 Å². The second kappa shape index (κ2) is 9.25. The number of likely N-dealkylation sites (tertiary alicyclic amines) is 1. The molecule has 1 aliphatic heterocycles. The lowest BCUT2D eigenvalue weighted by molar-refractivity contribution is -0.139. The van der Waals surface area contributed by atoms with Crippen LogP contribution in [-0.2, 0) is 9.59 Å². The van der Waals surface area contributed by atoms with Crippen LogP contribution in [0.3, 0.4) is 0 Å². The zero-order valence-corrected chi connectivity index (χ0v) is 19.2. The fraction of sp³-hybridized carbons (Fsp3) is 0.231. The summed E-state index contributed by atoms with van der Waals surface area (Å²) in [5.74, 6) is -2.01. The molecule has 0 aliphatic carbocycles. The highest BCUT2D eigenvalue weighted by atomic mass is 35.5. The summed E-state index contributed by atoms with van der Waals surface area (Å²) in [6, 6.07) is 16.6. The number of rotatable bonds is 6. The van der Waals surface area contributed by atoms with Gasteiger partial charge < -0.3 is 20.0 Å². The molecule has 0 aromatic heterocycles. The van der Waals surface area contributed by atoms with E-state index in [0.717, 1.165) is 11.9 Å². The summed E-state index contributed by atoms with van der Waals surface area (Å²) in [7, 11) is 3.87. The minimum Gasteiger partial charge on any atom is -0.507 e. The molecule has 6 nitrogen and oxygen atoms in total. The summed E-state index contributed by atoms with van der Waals surface area (Å²) in [6.45, 7) is 1.07. The van der Waals surface area contributed by atoms with E-state index in [1.165, 1.54) is 4.90 Å². The van der Waals surface area contributed by atoms with Gasteiger partial charge in [0.05, 0.1) is 17.2 Å². The van der Waals surface area contributed by atoms with E-state index in [-0.39, 0.29) is 16.9 Å². The van der Waals surface area contributed by atoms with Gasteiger partial charge in [0.2, 0.25) is 0 Å². The number of aliphatic hydroxyl groups excluding tert-OH is 1. The van der Waals surface area contributed by atoms with E-state index in [1.54, 1.807) is 48.5 Å². The zero-order chi connectivity index (χ0) is 23.7. The maximum atomic E-state index is 13.1. The van der Waals surface area contributed by atoms with Crippen LogP contribution in [0.1, 0.15) is 23.6 Å². The van der Waals surface area contributed by atoms with Crippen LogP contribution in [-0.4, -0.2) is 58.9 Å². The van der Waals surface area contributed by atoms with Gasteiger partial charge in [-0.3, -0.25) is 9.59 Å². The molecule has 3 aromatic carbocycles. The lowest BCUT2D eigenvalue weighted by Crippen LogP contribution is -2.32. The van der Waals surface area contributed by atoms with Crippen LogP contribution in [0.25, 0.3) is 16.5 Å². The number of carbonyl (C=O) groups excluding carboxylic acids is 2. The molecule has 0 unspecified atom stereocenters. The Morgan fingerprint density at radius 3 is 2.55 bits per heavy atom. The molecule has 1 atom stereocenters. The van der Waals surface area contributed by atoms with E-state index in [4.69, 9.17) is 11.6 Å². The lowest BCUT2D eigenvalue weighted by atomic mass is 9.94. The van der Waals surface area contributed by atoms with Gasteiger partial charge in [-0.15, -0.1) is 0 Å². The van der Waals surface area contributed by atoms with E-state index in [0.29, 0.717) is 28.9 Å². The molecular formula is C26H25ClN2O4. The zero-order valence-electron chi connectivity index (χ0n) is 18.5. The van der Waals surface area contributed by atoms with Crippen LogP contribution in [0.2, 0.25) is 5.02 Å². The monoisotopic (exact) mass is 464 g/mol. The highest BCUT2D eigenvalue weighted by molar-refractivity contribution is 6.46. The Morgan fingerprint density at radius 1 is 1.06 bits per heavy atom. The van der Waals surface area contributed by atoms with Crippen molar-refractivity contribution < 1.29 is 19.8 Å². The number of ketones is 1. The van der Waals surface area contributed by atoms with Gasteiger partial charge in [-0.25, -0.2) is 0 Å². The Hall–Kier alpha value is -3.35. The molecule has 1 saturated heterocycles. The van der Waals surface area contributed by atoms with E-state index in [1.807, 2.05) is 31.1 Å². The largest absolute Gasteiger partial charge is 0.507 e. The summed E-state index contributed by atoms with van der Waals surface area (Å²) in [4.78, 5) is 29.6. The summed E-state index contributed by atoms with van der Waals surface area (Å²) >= 11 is 6.21. The third-order valence-corrected chi connectivity index (χ3v) is 6.10. The normalized spacial score (nSPS) is 17.9. The van der Waals surface area contributed by atoms with Crippen molar-refractivity contribution in [2.45, 2.75) is 12.5 Å². The van der Waals surface area contributed by atoms with E-state index in [2.05, 4.69) is 0 Å². The predicted octanol–water partition coefficient (Wildman–Crippen LogP) is 4.57. The predicted molar refractivity (Wildman–Crippen MR) is 129 cm³/mol. The topological polar surface area (TPSA) is 81.1 Å². The smallest absolute Gasteiger partial charge is 0.295 e. The SMILES string of the molecule is CN(C)CCCN1C(=O)C(=O)C(=C(O)c2ccc3ccccc3c2O)[C@@H]1c1cccc(Cl)c1. The van der Waals surface area contributed by atoms with Gasteiger partial charge >= 0.3 is 0 Å². The van der Waals surface area contributed by atoms with Gasteiger partial charge in [0.15, 0.2) is 0 Å². The molecule has 1 heterocycles. The molecule has 1 amide bonds. The Balaban J connectivity index is 1.87. The average Bonchev–Trinajstić information content (AvgIpc) is 3.04. The molecule has 33 heavy (non-hydrogen) atoms. The van der Waals surface area contributed by atoms with Crippen LogP contribution in [0.4, 0.5) is 0 Å². The fourth-order valence-electron chi connectivity index (χ4n) is 4.28. The van der Waals surface area contributed by atoms with Crippen molar-refractivity contribution in [1.82, 2.24) is 9.80 Å². The summed E-state index contributed by atoms with van der Waals surface area (Å²) in [5, 5.41) is 23.9.